The number of nitrogens with zero attached hydrogens (tertiary/aromatic N) is 2. The predicted molar refractivity (Wildman–Crippen MR) is 49.6 cm³/mol. The highest BCUT2D eigenvalue weighted by atomic mass is 19.4. The number of halogens is 3. The number of ketones is 1. The molecule has 15 heavy (non-hydrogen) atoms. The van der Waals surface area contributed by atoms with Crippen molar-refractivity contribution in [2.24, 2.45) is 0 Å². The minimum Gasteiger partial charge on any atom is -0.294 e. The van der Waals surface area contributed by atoms with Gasteiger partial charge in [0.2, 0.25) is 0 Å². The molecule has 0 amide bonds. The standard InChI is InChI=1S/C7H7F3N2O.C2H6/c1-5(13)6-2-11-12(3-6)4-7(8,9)10;1-2/h2-3H,4H2,1H3;1-2H3. The molecule has 0 fully saturated rings. The van der Waals surface area contributed by atoms with Crippen molar-refractivity contribution >= 4 is 5.78 Å². The van der Waals surface area contributed by atoms with Crippen LogP contribution in [0.5, 0.6) is 0 Å². The van der Waals surface area contributed by atoms with Gasteiger partial charge in [-0.15, -0.1) is 0 Å². The van der Waals surface area contributed by atoms with Crippen LogP contribution in [-0.4, -0.2) is 21.7 Å². The molecule has 0 aliphatic heterocycles. The van der Waals surface area contributed by atoms with Gasteiger partial charge in [0.15, 0.2) is 5.78 Å². The normalized spacial score (nSPS) is 10.5. The van der Waals surface area contributed by atoms with Crippen molar-refractivity contribution < 1.29 is 18.0 Å². The third kappa shape index (κ3) is 5.19. The van der Waals surface area contributed by atoms with Crippen LogP contribution in [0, 0.1) is 0 Å². The van der Waals surface area contributed by atoms with Crippen LogP contribution in [0.1, 0.15) is 31.1 Å². The maximum atomic E-state index is 11.8. The summed E-state index contributed by atoms with van der Waals surface area (Å²) < 4.78 is 36.1. The Labute approximate surface area is 85.9 Å². The summed E-state index contributed by atoms with van der Waals surface area (Å²) in [6.07, 6.45) is -2.11. The Morgan fingerprint density at radius 3 is 2.33 bits per heavy atom. The number of hydrogen-bond donors (Lipinski definition) is 0. The fourth-order valence-corrected chi connectivity index (χ4v) is 0.816. The monoisotopic (exact) mass is 222 g/mol. The molecule has 6 heteroatoms. The fourth-order valence-electron chi connectivity index (χ4n) is 0.816. The molecule has 0 spiro atoms. The fraction of sp³-hybridized carbons (Fsp3) is 0.556. The zero-order valence-corrected chi connectivity index (χ0v) is 8.80. The Kier molecular flexibility index (Phi) is 5.04. The molecule has 0 aromatic carbocycles. The molecule has 0 bridgehead atoms. The van der Waals surface area contributed by atoms with Crippen molar-refractivity contribution in [2.75, 3.05) is 0 Å². The molecule has 0 unspecified atom stereocenters. The molecule has 0 saturated carbocycles. The molecule has 0 saturated heterocycles. The van der Waals surface area contributed by atoms with E-state index in [1.54, 1.807) is 0 Å². The summed E-state index contributed by atoms with van der Waals surface area (Å²) in [5, 5.41) is 3.40. The van der Waals surface area contributed by atoms with Gasteiger partial charge in [-0.2, -0.15) is 18.3 Å². The molecule has 0 aliphatic carbocycles. The van der Waals surface area contributed by atoms with Gasteiger partial charge < -0.3 is 0 Å². The smallest absolute Gasteiger partial charge is 0.294 e. The third-order valence-electron chi connectivity index (χ3n) is 1.38. The average molecular weight is 222 g/mol. The van der Waals surface area contributed by atoms with Crippen LogP contribution in [0.3, 0.4) is 0 Å². The van der Waals surface area contributed by atoms with Gasteiger partial charge in [0.05, 0.1) is 11.8 Å². The number of carbonyl (C=O) groups is 1. The Bertz CT molecular complexity index is 317. The lowest BCUT2D eigenvalue weighted by Crippen LogP contribution is -2.17. The van der Waals surface area contributed by atoms with E-state index in [0.717, 1.165) is 12.4 Å². The zero-order chi connectivity index (χ0) is 12.1. The summed E-state index contributed by atoms with van der Waals surface area (Å²) in [5.74, 6) is -0.298. The lowest BCUT2D eigenvalue weighted by Gasteiger charge is -2.04. The molecule has 1 aromatic rings. The predicted octanol–water partition coefficient (Wildman–Crippen LogP) is 2.67. The molecule has 0 radical (unpaired) electrons. The Balaban J connectivity index is 0.000000921. The quantitative estimate of drug-likeness (QED) is 0.721. The van der Waals surface area contributed by atoms with Crippen molar-refractivity contribution in [3.8, 4) is 0 Å². The summed E-state index contributed by atoms with van der Waals surface area (Å²) in [7, 11) is 0. The second kappa shape index (κ2) is 5.53. The molecule has 86 valence electrons. The van der Waals surface area contributed by atoms with Gasteiger partial charge in [0.1, 0.15) is 6.54 Å². The van der Waals surface area contributed by atoms with E-state index in [0.29, 0.717) is 4.68 Å². The van der Waals surface area contributed by atoms with E-state index in [9.17, 15) is 18.0 Å². The SMILES string of the molecule is CC.CC(=O)c1cnn(CC(F)(F)F)c1. The number of rotatable bonds is 2. The van der Waals surface area contributed by atoms with Gasteiger partial charge in [-0.1, -0.05) is 13.8 Å². The van der Waals surface area contributed by atoms with Crippen LogP contribution < -0.4 is 0 Å². The Morgan fingerprint density at radius 2 is 2.00 bits per heavy atom. The van der Waals surface area contributed by atoms with Crippen molar-refractivity contribution in [1.29, 1.82) is 0 Å². The Morgan fingerprint density at radius 1 is 1.47 bits per heavy atom. The van der Waals surface area contributed by atoms with Crippen LogP contribution in [0.15, 0.2) is 12.4 Å². The van der Waals surface area contributed by atoms with Gasteiger partial charge >= 0.3 is 6.18 Å². The summed E-state index contributed by atoms with van der Waals surface area (Å²) in [6.45, 7) is 4.11. The molecule has 1 rings (SSSR count). The highest BCUT2D eigenvalue weighted by molar-refractivity contribution is 5.93. The number of Topliss-reactive ketones (excluding diaryl/α,β-unsaturated/α-hetero) is 1. The van der Waals surface area contributed by atoms with E-state index in [4.69, 9.17) is 0 Å². The van der Waals surface area contributed by atoms with Gasteiger partial charge in [0, 0.05) is 6.20 Å². The number of aromatic nitrogens is 2. The number of carbonyl (C=O) groups excluding carboxylic acids is 1. The molecule has 1 aromatic heterocycles. The summed E-state index contributed by atoms with van der Waals surface area (Å²) in [6, 6.07) is 0. The van der Waals surface area contributed by atoms with E-state index >= 15 is 0 Å². The molecule has 0 aliphatic rings. The summed E-state index contributed by atoms with van der Waals surface area (Å²) >= 11 is 0. The van der Waals surface area contributed by atoms with Crippen molar-refractivity contribution in [2.45, 2.75) is 33.5 Å². The van der Waals surface area contributed by atoms with Crippen molar-refractivity contribution in [3.05, 3.63) is 18.0 Å². The Hall–Kier alpha value is -1.33. The minimum atomic E-state index is -4.31. The molecule has 3 nitrogen and oxygen atoms in total. The first kappa shape index (κ1) is 13.7. The zero-order valence-electron chi connectivity index (χ0n) is 8.80. The molecule has 0 atom stereocenters. The third-order valence-corrected chi connectivity index (χ3v) is 1.38. The molecule has 1 heterocycles. The van der Waals surface area contributed by atoms with Gasteiger partial charge in [-0.3, -0.25) is 9.48 Å². The van der Waals surface area contributed by atoms with E-state index in [1.807, 2.05) is 13.8 Å². The summed E-state index contributed by atoms with van der Waals surface area (Å²) in [5.41, 5.74) is 0.184. The van der Waals surface area contributed by atoms with E-state index < -0.39 is 12.7 Å². The van der Waals surface area contributed by atoms with Gasteiger partial charge in [-0.25, -0.2) is 0 Å². The van der Waals surface area contributed by atoms with E-state index in [2.05, 4.69) is 5.10 Å². The lowest BCUT2D eigenvalue weighted by atomic mass is 10.3. The second-order valence-electron chi connectivity index (χ2n) is 2.60. The van der Waals surface area contributed by atoms with Crippen molar-refractivity contribution in [3.63, 3.8) is 0 Å². The van der Waals surface area contributed by atoms with Crippen LogP contribution in [0.25, 0.3) is 0 Å². The average Bonchev–Trinajstić information content (AvgIpc) is 2.53. The maximum absolute atomic E-state index is 11.8. The number of alkyl halides is 3. The first-order chi connectivity index (χ1) is 6.88. The highest BCUT2D eigenvalue weighted by Gasteiger charge is 2.28. The van der Waals surface area contributed by atoms with E-state index in [-0.39, 0.29) is 11.3 Å². The summed E-state index contributed by atoms with van der Waals surface area (Å²) in [4.78, 5) is 10.7. The van der Waals surface area contributed by atoms with Gasteiger partial charge in [-0.05, 0) is 6.92 Å². The van der Waals surface area contributed by atoms with Crippen LogP contribution in [-0.2, 0) is 6.54 Å². The molecular weight excluding hydrogens is 209 g/mol. The van der Waals surface area contributed by atoms with Crippen LogP contribution in [0.2, 0.25) is 0 Å². The first-order valence-electron chi connectivity index (χ1n) is 4.48. The molecular formula is C9H13F3N2O. The first-order valence-corrected chi connectivity index (χ1v) is 4.48. The largest absolute Gasteiger partial charge is 0.408 e. The van der Waals surface area contributed by atoms with E-state index in [1.165, 1.54) is 6.92 Å². The van der Waals surface area contributed by atoms with Crippen LogP contribution >= 0.6 is 0 Å². The minimum absolute atomic E-state index is 0.184. The van der Waals surface area contributed by atoms with Gasteiger partial charge in [0.25, 0.3) is 0 Å². The topological polar surface area (TPSA) is 34.9 Å². The lowest BCUT2D eigenvalue weighted by molar-refractivity contribution is -0.142. The number of hydrogen-bond acceptors (Lipinski definition) is 2. The van der Waals surface area contributed by atoms with Crippen LogP contribution in [0.4, 0.5) is 13.2 Å². The maximum Gasteiger partial charge on any atom is 0.408 e. The second-order valence-corrected chi connectivity index (χ2v) is 2.60. The molecule has 0 N–H and O–H groups in total. The van der Waals surface area contributed by atoms with Crippen molar-refractivity contribution in [1.82, 2.24) is 9.78 Å². The highest BCUT2D eigenvalue weighted by Crippen LogP contribution is 2.17.